The minimum atomic E-state index is 0.603. The Morgan fingerprint density at radius 2 is 1.09 bits per heavy atom. The van der Waals surface area contributed by atoms with Crippen molar-refractivity contribution in [2.24, 2.45) is 17.3 Å². The van der Waals surface area contributed by atoms with E-state index >= 15 is 0 Å². The maximum atomic E-state index is 2.49. The fourth-order valence-electron chi connectivity index (χ4n) is 4.94. The second-order valence-corrected chi connectivity index (χ2v) is 9.22. The molecule has 134 valence electrons. The van der Waals surface area contributed by atoms with Gasteiger partial charge in [-0.25, -0.2) is 0 Å². The second-order valence-electron chi connectivity index (χ2n) is 9.22. The minimum absolute atomic E-state index is 0.603. The van der Waals surface area contributed by atoms with Crippen LogP contribution in [0.15, 0.2) is 12.2 Å². The Bertz CT molecular complexity index is 311. The van der Waals surface area contributed by atoms with Gasteiger partial charge in [-0.2, -0.15) is 0 Å². The van der Waals surface area contributed by atoms with E-state index in [9.17, 15) is 0 Å². The molecule has 1 unspecified atom stereocenters. The normalized spacial score (nSPS) is 29.6. The molecule has 0 spiro atoms. The molecule has 0 heteroatoms. The highest BCUT2D eigenvalue weighted by Crippen LogP contribution is 2.37. The Morgan fingerprint density at radius 1 is 0.565 bits per heavy atom. The van der Waals surface area contributed by atoms with Crippen molar-refractivity contribution < 1.29 is 0 Å². The summed E-state index contributed by atoms with van der Waals surface area (Å²) in [6, 6.07) is 0. The van der Waals surface area contributed by atoms with Crippen LogP contribution < -0.4 is 0 Å². The number of hydrogen-bond donors (Lipinski definition) is 0. The molecule has 0 radical (unpaired) electrons. The lowest BCUT2D eigenvalue weighted by Crippen LogP contribution is -2.18. The highest BCUT2D eigenvalue weighted by molar-refractivity contribution is 4.84. The molecule has 0 aromatic heterocycles. The molecule has 0 bridgehead atoms. The molecule has 0 nitrogen and oxygen atoms in total. The standard InChI is InChI=1S/C23H42/c1-23(2)19-13-11-17-22(18-12-14-20-23)21-15-9-7-5-3-4-6-8-10-16-21/h5,7,21-22H,3-4,6,8-20H2,1-2H3. The van der Waals surface area contributed by atoms with Gasteiger partial charge in [-0.05, 0) is 55.8 Å². The van der Waals surface area contributed by atoms with Gasteiger partial charge < -0.3 is 0 Å². The monoisotopic (exact) mass is 318 g/mol. The van der Waals surface area contributed by atoms with Gasteiger partial charge in [-0.3, -0.25) is 0 Å². The third-order valence-corrected chi connectivity index (χ3v) is 6.59. The zero-order valence-electron chi connectivity index (χ0n) is 16.1. The first-order valence-corrected chi connectivity index (χ1v) is 10.8. The van der Waals surface area contributed by atoms with E-state index in [0.717, 1.165) is 11.8 Å². The maximum absolute atomic E-state index is 2.49. The first-order valence-electron chi connectivity index (χ1n) is 10.8. The number of allylic oxidation sites excluding steroid dienone is 2. The quantitative estimate of drug-likeness (QED) is 0.429. The Kier molecular flexibility index (Phi) is 8.77. The summed E-state index contributed by atoms with van der Waals surface area (Å²) in [5.74, 6) is 2.05. The highest BCUT2D eigenvalue weighted by atomic mass is 14.3. The van der Waals surface area contributed by atoms with Crippen molar-refractivity contribution in [2.75, 3.05) is 0 Å². The van der Waals surface area contributed by atoms with Crippen LogP contribution in [-0.2, 0) is 0 Å². The summed E-state index contributed by atoms with van der Waals surface area (Å²) in [4.78, 5) is 0. The van der Waals surface area contributed by atoms with Gasteiger partial charge >= 0.3 is 0 Å². The van der Waals surface area contributed by atoms with Crippen LogP contribution >= 0.6 is 0 Å². The molecule has 0 saturated heterocycles. The van der Waals surface area contributed by atoms with E-state index in [1.165, 1.54) is 103 Å². The van der Waals surface area contributed by atoms with E-state index in [-0.39, 0.29) is 0 Å². The lowest BCUT2D eigenvalue weighted by molar-refractivity contribution is 0.213. The van der Waals surface area contributed by atoms with Gasteiger partial charge in [0.2, 0.25) is 0 Å². The van der Waals surface area contributed by atoms with Crippen molar-refractivity contribution in [1.82, 2.24) is 0 Å². The van der Waals surface area contributed by atoms with Crippen LogP contribution in [0.1, 0.15) is 117 Å². The zero-order chi connectivity index (χ0) is 16.4. The van der Waals surface area contributed by atoms with E-state index in [1.807, 2.05) is 0 Å². The summed E-state index contributed by atoms with van der Waals surface area (Å²) in [6.07, 6.45) is 28.3. The summed E-state index contributed by atoms with van der Waals surface area (Å²) in [6.45, 7) is 4.98. The lowest BCUT2D eigenvalue weighted by Gasteiger charge is -2.31. The number of rotatable bonds is 1. The lowest BCUT2D eigenvalue weighted by atomic mass is 9.75. The molecule has 1 fully saturated rings. The van der Waals surface area contributed by atoms with Crippen LogP contribution in [-0.4, -0.2) is 0 Å². The molecule has 1 saturated carbocycles. The number of hydrogen-bond acceptors (Lipinski definition) is 0. The summed E-state index contributed by atoms with van der Waals surface area (Å²) in [7, 11) is 0. The van der Waals surface area contributed by atoms with E-state index < -0.39 is 0 Å². The highest BCUT2D eigenvalue weighted by Gasteiger charge is 2.23. The maximum Gasteiger partial charge on any atom is -0.0348 e. The molecule has 0 N–H and O–H groups in total. The minimum Gasteiger partial charge on any atom is -0.0885 e. The largest absolute Gasteiger partial charge is 0.0885 e. The van der Waals surface area contributed by atoms with Crippen molar-refractivity contribution in [1.29, 1.82) is 0 Å². The second kappa shape index (κ2) is 10.6. The van der Waals surface area contributed by atoms with Crippen molar-refractivity contribution in [2.45, 2.75) is 117 Å². The van der Waals surface area contributed by atoms with Gasteiger partial charge in [0.25, 0.3) is 0 Å². The molecule has 0 aromatic rings. The molecule has 1 atom stereocenters. The first kappa shape index (κ1) is 19.1. The van der Waals surface area contributed by atoms with Crippen molar-refractivity contribution in [3.05, 3.63) is 12.2 Å². The van der Waals surface area contributed by atoms with Crippen LogP contribution in [0.25, 0.3) is 0 Å². The van der Waals surface area contributed by atoms with Crippen LogP contribution in [0.5, 0.6) is 0 Å². The third-order valence-electron chi connectivity index (χ3n) is 6.59. The topological polar surface area (TPSA) is 0 Å². The molecule has 2 rings (SSSR count). The van der Waals surface area contributed by atoms with E-state index in [1.54, 1.807) is 0 Å². The molecule has 0 heterocycles. The molecule has 0 aliphatic heterocycles. The van der Waals surface area contributed by atoms with Crippen LogP contribution in [0.4, 0.5) is 0 Å². The predicted octanol–water partition coefficient (Wildman–Crippen LogP) is 8.07. The Hall–Kier alpha value is -0.260. The van der Waals surface area contributed by atoms with Crippen LogP contribution in [0, 0.1) is 17.3 Å². The average molecular weight is 319 g/mol. The van der Waals surface area contributed by atoms with Gasteiger partial charge in [0, 0.05) is 0 Å². The van der Waals surface area contributed by atoms with Gasteiger partial charge in [0.15, 0.2) is 0 Å². The zero-order valence-corrected chi connectivity index (χ0v) is 16.1. The Balaban J connectivity index is 1.87. The van der Waals surface area contributed by atoms with Crippen LogP contribution in [0.2, 0.25) is 0 Å². The van der Waals surface area contributed by atoms with Gasteiger partial charge in [-0.1, -0.05) is 90.2 Å². The fourth-order valence-corrected chi connectivity index (χ4v) is 4.94. The van der Waals surface area contributed by atoms with Gasteiger partial charge in [-0.15, -0.1) is 0 Å². The van der Waals surface area contributed by atoms with E-state index in [0.29, 0.717) is 5.41 Å². The van der Waals surface area contributed by atoms with Crippen molar-refractivity contribution in [3.8, 4) is 0 Å². The van der Waals surface area contributed by atoms with Gasteiger partial charge in [0.1, 0.15) is 0 Å². The Morgan fingerprint density at radius 3 is 1.78 bits per heavy atom. The SMILES string of the molecule is CC1(C)CCCCC(C2CCC=CCCCCCC2)CCCC1. The van der Waals surface area contributed by atoms with Crippen LogP contribution in [0.3, 0.4) is 0 Å². The molecular formula is C23H42. The average Bonchev–Trinajstić information content (AvgIpc) is 2.59. The Labute approximate surface area is 146 Å². The van der Waals surface area contributed by atoms with E-state index in [4.69, 9.17) is 0 Å². The molecule has 2 aliphatic carbocycles. The summed E-state index contributed by atoms with van der Waals surface area (Å²) in [5, 5.41) is 0. The summed E-state index contributed by atoms with van der Waals surface area (Å²) < 4.78 is 0. The van der Waals surface area contributed by atoms with Crippen molar-refractivity contribution >= 4 is 0 Å². The molecular weight excluding hydrogens is 276 g/mol. The third kappa shape index (κ3) is 7.90. The fraction of sp³-hybridized carbons (Fsp3) is 0.913. The van der Waals surface area contributed by atoms with E-state index in [2.05, 4.69) is 26.0 Å². The molecule has 0 amide bonds. The smallest absolute Gasteiger partial charge is 0.0348 e. The molecule has 2 aliphatic rings. The molecule has 23 heavy (non-hydrogen) atoms. The molecule has 0 aromatic carbocycles. The first-order chi connectivity index (χ1) is 11.2. The van der Waals surface area contributed by atoms with Crippen molar-refractivity contribution in [3.63, 3.8) is 0 Å². The predicted molar refractivity (Wildman–Crippen MR) is 104 cm³/mol. The summed E-state index contributed by atoms with van der Waals surface area (Å²) >= 11 is 0. The van der Waals surface area contributed by atoms with Gasteiger partial charge in [0.05, 0.1) is 0 Å². The summed E-state index contributed by atoms with van der Waals surface area (Å²) in [5.41, 5.74) is 0.603.